The highest BCUT2D eigenvalue weighted by atomic mass is 32.1. The SMILES string of the molecule is CC(C)C(=O)N1CCCN(CC(=O)Nc2nc3c(s2)CCC3)CC1. The summed E-state index contributed by atoms with van der Waals surface area (Å²) in [6.45, 7) is 7.33. The number of nitrogens with zero attached hydrogens (tertiary/aromatic N) is 3. The lowest BCUT2D eigenvalue weighted by Crippen LogP contribution is -2.39. The molecule has 0 unspecified atom stereocenters. The van der Waals surface area contributed by atoms with Crippen LogP contribution in [0.4, 0.5) is 5.13 Å². The molecule has 0 bridgehead atoms. The molecule has 3 rings (SSSR count). The topological polar surface area (TPSA) is 65.5 Å². The number of aryl methyl sites for hydroxylation is 2. The van der Waals surface area contributed by atoms with Crippen LogP contribution in [0, 0.1) is 5.92 Å². The van der Waals surface area contributed by atoms with Gasteiger partial charge in [0.25, 0.3) is 0 Å². The largest absolute Gasteiger partial charge is 0.341 e. The van der Waals surface area contributed by atoms with Gasteiger partial charge in [0, 0.05) is 37.0 Å². The Morgan fingerprint density at radius 1 is 1.17 bits per heavy atom. The zero-order chi connectivity index (χ0) is 17.1. The van der Waals surface area contributed by atoms with Gasteiger partial charge in [-0.05, 0) is 25.7 Å². The summed E-state index contributed by atoms with van der Waals surface area (Å²) in [6, 6.07) is 0. The normalized spacial score (nSPS) is 18.5. The first-order valence-corrected chi connectivity index (χ1v) is 9.64. The lowest BCUT2D eigenvalue weighted by atomic mass is 10.2. The van der Waals surface area contributed by atoms with Crippen molar-refractivity contribution >= 4 is 28.3 Å². The fourth-order valence-corrected chi connectivity index (χ4v) is 4.39. The molecule has 2 heterocycles. The van der Waals surface area contributed by atoms with Crippen molar-refractivity contribution in [2.45, 2.75) is 39.5 Å². The number of aromatic nitrogens is 1. The number of anilines is 1. The van der Waals surface area contributed by atoms with Crippen LogP contribution in [0.5, 0.6) is 0 Å². The summed E-state index contributed by atoms with van der Waals surface area (Å²) in [5.41, 5.74) is 1.16. The molecule has 7 heteroatoms. The molecule has 0 radical (unpaired) electrons. The Labute approximate surface area is 147 Å². The predicted molar refractivity (Wildman–Crippen MR) is 95.2 cm³/mol. The first kappa shape index (κ1) is 17.4. The number of hydrogen-bond donors (Lipinski definition) is 1. The van der Waals surface area contributed by atoms with Crippen LogP contribution in [0.1, 0.15) is 37.3 Å². The predicted octanol–water partition coefficient (Wildman–Crippen LogP) is 1.76. The van der Waals surface area contributed by atoms with Crippen LogP contribution in [-0.2, 0) is 22.4 Å². The molecule has 1 aromatic heterocycles. The molecule has 0 aromatic carbocycles. The van der Waals surface area contributed by atoms with Crippen molar-refractivity contribution in [2.75, 3.05) is 38.0 Å². The summed E-state index contributed by atoms with van der Waals surface area (Å²) in [6.07, 6.45) is 4.22. The summed E-state index contributed by atoms with van der Waals surface area (Å²) in [5, 5.41) is 3.67. The molecule has 0 saturated carbocycles. The van der Waals surface area contributed by atoms with Crippen LogP contribution >= 0.6 is 11.3 Å². The Balaban J connectivity index is 1.48. The van der Waals surface area contributed by atoms with E-state index in [0.717, 1.165) is 49.7 Å². The van der Waals surface area contributed by atoms with E-state index in [1.54, 1.807) is 11.3 Å². The van der Waals surface area contributed by atoms with Crippen LogP contribution in [0.25, 0.3) is 0 Å². The van der Waals surface area contributed by atoms with Crippen LogP contribution in [0.2, 0.25) is 0 Å². The van der Waals surface area contributed by atoms with Gasteiger partial charge in [0.05, 0.1) is 12.2 Å². The van der Waals surface area contributed by atoms with Crippen molar-refractivity contribution < 1.29 is 9.59 Å². The quantitative estimate of drug-likeness (QED) is 0.899. The lowest BCUT2D eigenvalue weighted by Gasteiger charge is -2.23. The molecule has 1 aliphatic carbocycles. The van der Waals surface area contributed by atoms with Gasteiger partial charge in [-0.3, -0.25) is 14.5 Å². The highest BCUT2D eigenvalue weighted by molar-refractivity contribution is 7.15. The smallest absolute Gasteiger partial charge is 0.240 e. The second-order valence-corrected chi connectivity index (χ2v) is 7.98. The average molecular weight is 350 g/mol. The van der Waals surface area contributed by atoms with E-state index in [1.807, 2.05) is 18.7 Å². The number of carbonyl (C=O) groups excluding carboxylic acids is 2. The number of carbonyl (C=O) groups is 2. The molecule has 132 valence electrons. The molecule has 24 heavy (non-hydrogen) atoms. The van der Waals surface area contributed by atoms with Gasteiger partial charge in [0.1, 0.15) is 0 Å². The molecule has 1 aliphatic heterocycles. The molecule has 1 aromatic rings. The zero-order valence-electron chi connectivity index (χ0n) is 14.5. The van der Waals surface area contributed by atoms with Crippen LogP contribution in [-0.4, -0.2) is 59.3 Å². The zero-order valence-corrected chi connectivity index (χ0v) is 15.3. The Kier molecular flexibility index (Phi) is 5.50. The number of thiazole rings is 1. The number of fused-ring (bicyclic) bond motifs is 1. The van der Waals surface area contributed by atoms with Crippen molar-refractivity contribution in [3.63, 3.8) is 0 Å². The Morgan fingerprint density at radius 3 is 2.75 bits per heavy atom. The maximum Gasteiger partial charge on any atom is 0.240 e. The average Bonchev–Trinajstić information content (AvgIpc) is 3.02. The summed E-state index contributed by atoms with van der Waals surface area (Å²) in [5.74, 6) is 0.233. The van der Waals surface area contributed by atoms with E-state index in [4.69, 9.17) is 0 Å². The molecular formula is C17H26N4O2S. The molecule has 1 N–H and O–H groups in total. The second kappa shape index (κ2) is 7.61. The van der Waals surface area contributed by atoms with Gasteiger partial charge < -0.3 is 10.2 Å². The summed E-state index contributed by atoms with van der Waals surface area (Å²) >= 11 is 1.61. The fraction of sp³-hybridized carbons (Fsp3) is 0.706. The van der Waals surface area contributed by atoms with Crippen LogP contribution in [0.15, 0.2) is 0 Å². The first-order valence-electron chi connectivity index (χ1n) is 8.82. The number of rotatable bonds is 4. The van der Waals surface area contributed by atoms with E-state index in [0.29, 0.717) is 13.1 Å². The van der Waals surface area contributed by atoms with E-state index >= 15 is 0 Å². The van der Waals surface area contributed by atoms with Gasteiger partial charge in [-0.25, -0.2) is 4.98 Å². The summed E-state index contributed by atoms with van der Waals surface area (Å²) < 4.78 is 0. The van der Waals surface area contributed by atoms with Gasteiger partial charge in [0.2, 0.25) is 11.8 Å². The third kappa shape index (κ3) is 4.13. The molecule has 6 nitrogen and oxygen atoms in total. The van der Waals surface area contributed by atoms with Crippen LogP contribution in [0.3, 0.4) is 0 Å². The molecule has 2 aliphatic rings. The third-order valence-electron chi connectivity index (χ3n) is 4.60. The van der Waals surface area contributed by atoms with Gasteiger partial charge in [0.15, 0.2) is 5.13 Å². The van der Waals surface area contributed by atoms with E-state index in [1.165, 1.54) is 11.3 Å². The third-order valence-corrected chi connectivity index (χ3v) is 5.68. The first-order chi connectivity index (χ1) is 11.5. The second-order valence-electron chi connectivity index (χ2n) is 6.90. The minimum atomic E-state index is -0.00828. The van der Waals surface area contributed by atoms with Crippen LogP contribution < -0.4 is 5.32 Å². The molecule has 1 fully saturated rings. The molecule has 0 atom stereocenters. The standard InChI is InChI=1S/C17H26N4O2S/c1-12(2)16(23)21-8-4-7-20(9-10-21)11-15(22)19-17-18-13-5-3-6-14(13)24-17/h12H,3-11H2,1-2H3,(H,18,19,22). The summed E-state index contributed by atoms with van der Waals surface area (Å²) in [4.78, 5) is 34.3. The van der Waals surface area contributed by atoms with E-state index in [-0.39, 0.29) is 17.7 Å². The van der Waals surface area contributed by atoms with E-state index < -0.39 is 0 Å². The number of nitrogens with one attached hydrogen (secondary N) is 1. The van der Waals surface area contributed by atoms with Gasteiger partial charge in [-0.15, -0.1) is 11.3 Å². The van der Waals surface area contributed by atoms with Gasteiger partial charge in [-0.2, -0.15) is 0 Å². The fourth-order valence-electron chi connectivity index (χ4n) is 3.32. The van der Waals surface area contributed by atoms with Crippen molar-refractivity contribution in [2.24, 2.45) is 5.92 Å². The van der Waals surface area contributed by atoms with E-state index in [9.17, 15) is 9.59 Å². The van der Waals surface area contributed by atoms with E-state index in [2.05, 4.69) is 15.2 Å². The highest BCUT2D eigenvalue weighted by Crippen LogP contribution is 2.30. The minimum absolute atomic E-state index is 0.00828. The van der Waals surface area contributed by atoms with Crippen molar-refractivity contribution in [1.29, 1.82) is 0 Å². The Hall–Kier alpha value is -1.47. The monoisotopic (exact) mass is 350 g/mol. The van der Waals surface area contributed by atoms with Gasteiger partial charge in [-0.1, -0.05) is 13.8 Å². The summed E-state index contributed by atoms with van der Waals surface area (Å²) in [7, 11) is 0. The Morgan fingerprint density at radius 2 is 2.00 bits per heavy atom. The molecule has 0 spiro atoms. The maximum atomic E-state index is 12.3. The Bertz CT molecular complexity index is 592. The maximum absolute atomic E-state index is 12.3. The molecule has 1 saturated heterocycles. The van der Waals surface area contributed by atoms with Crippen molar-refractivity contribution in [3.8, 4) is 0 Å². The minimum Gasteiger partial charge on any atom is -0.341 e. The molecular weight excluding hydrogens is 324 g/mol. The van der Waals surface area contributed by atoms with Crippen molar-refractivity contribution in [1.82, 2.24) is 14.8 Å². The molecule has 2 amide bonds. The number of hydrogen-bond acceptors (Lipinski definition) is 5. The lowest BCUT2D eigenvalue weighted by molar-refractivity contribution is -0.134. The number of amides is 2. The highest BCUT2D eigenvalue weighted by Gasteiger charge is 2.23. The van der Waals surface area contributed by atoms with Crippen molar-refractivity contribution in [3.05, 3.63) is 10.6 Å². The van der Waals surface area contributed by atoms with Gasteiger partial charge >= 0.3 is 0 Å².